The summed E-state index contributed by atoms with van der Waals surface area (Å²) >= 11 is 3.45. The monoisotopic (exact) mass is 399 g/mol. The molecule has 3 aromatic rings. The van der Waals surface area contributed by atoms with Crippen molar-refractivity contribution in [1.82, 2.24) is 19.9 Å². The third kappa shape index (κ3) is 3.57. The van der Waals surface area contributed by atoms with Crippen LogP contribution < -0.4 is 16.2 Å². The summed E-state index contributed by atoms with van der Waals surface area (Å²) in [4.78, 5) is 21.3. The molecular formula is C18H18BrN5O. The molecule has 128 valence electrons. The van der Waals surface area contributed by atoms with Gasteiger partial charge in [-0.3, -0.25) is 9.36 Å². The van der Waals surface area contributed by atoms with E-state index >= 15 is 0 Å². The molecule has 1 aliphatic rings. The van der Waals surface area contributed by atoms with Crippen LogP contribution in [-0.4, -0.2) is 27.6 Å². The van der Waals surface area contributed by atoms with E-state index in [9.17, 15) is 4.79 Å². The van der Waals surface area contributed by atoms with Crippen molar-refractivity contribution in [2.24, 2.45) is 5.92 Å². The number of rotatable bonds is 5. The molecule has 2 aromatic heterocycles. The first kappa shape index (κ1) is 16.2. The third-order valence-corrected chi connectivity index (χ3v) is 4.92. The fourth-order valence-electron chi connectivity index (χ4n) is 2.91. The van der Waals surface area contributed by atoms with Crippen LogP contribution in [0.2, 0.25) is 0 Å². The first-order chi connectivity index (χ1) is 12.2. The Bertz CT molecular complexity index is 967. The van der Waals surface area contributed by atoms with Crippen molar-refractivity contribution in [3.05, 3.63) is 57.4 Å². The minimum Gasteiger partial charge on any atom is -0.324 e. The van der Waals surface area contributed by atoms with Crippen LogP contribution in [0, 0.1) is 5.92 Å². The van der Waals surface area contributed by atoms with E-state index in [4.69, 9.17) is 0 Å². The Morgan fingerprint density at radius 3 is 2.92 bits per heavy atom. The van der Waals surface area contributed by atoms with Crippen molar-refractivity contribution in [1.29, 1.82) is 0 Å². The van der Waals surface area contributed by atoms with E-state index in [1.165, 1.54) is 0 Å². The zero-order chi connectivity index (χ0) is 17.2. The average molecular weight is 400 g/mol. The number of fused-ring (bicyclic) bond motifs is 1. The number of halogens is 1. The van der Waals surface area contributed by atoms with Gasteiger partial charge < -0.3 is 10.6 Å². The van der Waals surface area contributed by atoms with Gasteiger partial charge in [-0.15, -0.1) is 0 Å². The van der Waals surface area contributed by atoms with Crippen LogP contribution in [0.1, 0.15) is 6.42 Å². The molecule has 2 N–H and O–H groups in total. The lowest BCUT2D eigenvalue weighted by atomic mass is 9.99. The quantitative estimate of drug-likeness (QED) is 0.689. The van der Waals surface area contributed by atoms with Crippen molar-refractivity contribution in [2.45, 2.75) is 13.0 Å². The number of nitrogens with one attached hydrogen (secondary N) is 2. The first-order valence-corrected chi connectivity index (χ1v) is 9.08. The SMILES string of the molecule is O=c1ccc2cnc(Nc3cccc(Br)c3)nc2n1CCC1CNC1. The Morgan fingerprint density at radius 1 is 1.28 bits per heavy atom. The van der Waals surface area contributed by atoms with Crippen molar-refractivity contribution in [3.8, 4) is 0 Å². The highest BCUT2D eigenvalue weighted by molar-refractivity contribution is 9.10. The molecule has 0 amide bonds. The summed E-state index contributed by atoms with van der Waals surface area (Å²) in [5.74, 6) is 1.12. The minimum absolute atomic E-state index is 0.0214. The molecule has 0 atom stereocenters. The second kappa shape index (κ2) is 6.93. The molecule has 0 saturated carbocycles. The van der Waals surface area contributed by atoms with E-state index in [0.29, 0.717) is 24.1 Å². The highest BCUT2D eigenvalue weighted by Crippen LogP contribution is 2.20. The molecule has 0 spiro atoms. The van der Waals surface area contributed by atoms with Gasteiger partial charge in [0.05, 0.1) is 0 Å². The highest BCUT2D eigenvalue weighted by Gasteiger charge is 2.17. The van der Waals surface area contributed by atoms with Crippen LogP contribution in [0.4, 0.5) is 11.6 Å². The largest absolute Gasteiger partial charge is 0.324 e. The van der Waals surface area contributed by atoms with Crippen LogP contribution in [0.3, 0.4) is 0 Å². The summed E-state index contributed by atoms with van der Waals surface area (Å²) < 4.78 is 2.73. The van der Waals surface area contributed by atoms with Gasteiger partial charge in [0.25, 0.3) is 5.56 Å². The summed E-state index contributed by atoms with van der Waals surface area (Å²) in [5, 5.41) is 7.32. The second-order valence-electron chi connectivity index (χ2n) is 6.24. The number of nitrogens with zero attached hydrogens (tertiary/aromatic N) is 3. The molecule has 6 nitrogen and oxygen atoms in total. The van der Waals surface area contributed by atoms with Gasteiger partial charge in [-0.25, -0.2) is 4.98 Å². The molecule has 1 fully saturated rings. The van der Waals surface area contributed by atoms with Crippen LogP contribution in [0.15, 0.2) is 51.9 Å². The summed E-state index contributed by atoms with van der Waals surface area (Å²) in [6.07, 6.45) is 2.73. The number of aryl methyl sites for hydroxylation is 1. The smallest absolute Gasteiger partial charge is 0.252 e. The molecule has 1 aromatic carbocycles. The van der Waals surface area contributed by atoms with Crippen LogP contribution in [0.25, 0.3) is 11.0 Å². The molecule has 0 aliphatic carbocycles. The predicted octanol–water partition coefficient (Wildman–Crippen LogP) is 2.91. The standard InChI is InChI=1S/C18H18BrN5O/c19-14-2-1-3-15(8-14)22-18-21-11-13-4-5-16(25)24(17(13)23-18)7-6-12-9-20-10-12/h1-5,8,11-12,20H,6-7,9-10H2,(H,21,22,23). The molecule has 25 heavy (non-hydrogen) atoms. The molecule has 0 radical (unpaired) electrons. The molecule has 1 aliphatic heterocycles. The number of pyridine rings is 1. The first-order valence-electron chi connectivity index (χ1n) is 8.29. The van der Waals surface area contributed by atoms with Gasteiger partial charge in [0, 0.05) is 34.4 Å². The van der Waals surface area contributed by atoms with E-state index in [0.717, 1.165) is 35.1 Å². The Kier molecular flexibility index (Phi) is 4.50. The number of anilines is 2. The maximum Gasteiger partial charge on any atom is 0.252 e. The van der Waals surface area contributed by atoms with Gasteiger partial charge in [0.2, 0.25) is 5.95 Å². The van der Waals surface area contributed by atoms with E-state index in [1.54, 1.807) is 22.9 Å². The van der Waals surface area contributed by atoms with Crippen molar-refractivity contribution in [2.75, 3.05) is 18.4 Å². The van der Waals surface area contributed by atoms with Gasteiger partial charge in [0.1, 0.15) is 5.65 Å². The average Bonchev–Trinajstić information content (AvgIpc) is 2.55. The highest BCUT2D eigenvalue weighted by atomic mass is 79.9. The minimum atomic E-state index is -0.0214. The molecule has 3 heterocycles. The van der Waals surface area contributed by atoms with E-state index in [2.05, 4.69) is 36.5 Å². The van der Waals surface area contributed by atoms with E-state index < -0.39 is 0 Å². The van der Waals surface area contributed by atoms with Gasteiger partial charge in [-0.1, -0.05) is 22.0 Å². The lowest BCUT2D eigenvalue weighted by Crippen LogP contribution is -2.42. The number of aromatic nitrogens is 3. The molecule has 0 unspecified atom stereocenters. The lowest BCUT2D eigenvalue weighted by molar-refractivity contribution is 0.312. The summed E-state index contributed by atoms with van der Waals surface area (Å²) in [6.45, 7) is 2.74. The second-order valence-corrected chi connectivity index (χ2v) is 7.16. The van der Waals surface area contributed by atoms with Crippen molar-refractivity contribution >= 4 is 38.6 Å². The summed E-state index contributed by atoms with van der Waals surface area (Å²) in [7, 11) is 0. The van der Waals surface area contributed by atoms with Crippen LogP contribution in [0.5, 0.6) is 0 Å². The zero-order valence-corrected chi connectivity index (χ0v) is 15.2. The molecule has 0 bridgehead atoms. The van der Waals surface area contributed by atoms with Gasteiger partial charge in [-0.05, 0) is 49.7 Å². The van der Waals surface area contributed by atoms with E-state index in [1.807, 2.05) is 24.3 Å². The normalized spacial score (nSPS) is 14.4. The maximum atomic E-state index is 12.3. The Hall–Kier alpha value is -2.25. The summed E-state index contributed by atoms with van der Waals surface area (Å²) in [6, 6.07) is 11.2. The Labute approximate surface area is 153 Å². The maximum absolute atomic E-state index is 12.3. The Morgan fingerprint density at radius 2 is 2.16 bits per heavy atom. The van der Waals surface area contributed by atoms with Gasteiger partial charge in [-0.2, -0.15) is 4.98 Å². The predicted molar refractivity (Wildman–Crippen MR) is 102 cm³/mol. The van der Waals surface area contributed by atoms with E-state index in [-0.39, 0.29) is 5.56 Å². The van der Waals surface area contributed by atoms with Crippen molar-refractivity contribution < 1.29 is 0 Å². The lowest BCUT2D eigenvalue weighted by Gasteiger charge is -2.27. The van der Waals surface area contributed by atoms with Gasteiger partial charge in [0.15, 0.2) is 0 Å². The van der Waals surface area contributed by atoms with Crippen molar-refractivity contribution in [3.63, 3.8) is 0 Å². The fraction of sp³-hybridized carbons (Fsp3) is 0.278. The number of hydrogen-bond acceptors (Lipinski definition) is 5. The Balaban J connectivity index is 1.66. The zero-order valence-electron chi connectivity index (χ0n) is 13.6. The molecule has 7 heteroatoms. The van der Waals surface area contributed by atoms with Crippen LogP contribution >= 0.6 is 15.9 Å². The number of benzene rings is 1. The third-order valence-electron chi connectivity index (χ3n) is 4.43. The number of hydrogen-bond donors (Lipinski definition) is 2. The molecule has 1 saturated heterocycles. The van der Waals surface area contributed by atoms with Crippen LogP contribution in [-0.2, 0) is 6.54 Å². The fourth-order valence-corrected chi connectivity index (χ4v) is 3.31. The molecular weight excluding hydrogens is 382 g/mol. The summed E-state index contributed by atoms with van der Waals surface area (Å²) in [5.41, 5.74) is 1.54. The van der Waals surface area contributed by atoms with Gasteiger partial charge >= 0.3 is 0 Å². The molecule has 4 rings (SSSR count). The topological polar surface area (TPSA) is 71.8 Å².